The first kappa shape index (κ1) is 32.8. The van der Waals surface area contributed by atoms with E-state index < -0.39 is 7.12 Å². The number of carbonyl (C=O) groups is 2. The molecule has 0 unspecified atom stereocenters. The van der Waals surface area contributed by atoms with E-state index >= 15 is 0 Å². The number of rotatable bonds is 7. The van der Waals surface area contributed by atoms with Crippen molar-refractivity contribution >= 4 is 30.4 Å². The Morgan fingerprint density at radius 1 is 0.848 bits per heavy atom. The smallest absolute Gasteiger partial charge is 0.445 e. The van der Waals surface area contributed by atoms with Gasteiger partial charge in [-0.3, -0.25) is 9.69 Å². The summed E-state index contributed by atoms with van der Waals surface area (Å²) in [4.78, 5) is 39.3. The van der Waals surface area contributed by atoms with Crippen LogP contribution in [0.15, 0.2) is 48.7 Å². The molecule has 11 heteroatoms. The molecular formula is C35H50BN5O5. The fourth-order valence-electron chi connectivity index (χ4n) is 6.97. The molecule has 46 heavy (non-hydrogen) atoms. The van der Waals surface area contributed by atoms with Crippen molar-refractivity contribution in [1.29, 1.82) is 0 Å². The molecule has 4 aliphatic rings. The van der Waals surface area contributed by atoms with E-state index in [1.165, 1.54) is 0 Å². The van der Waals surface area contributed by atoms with Crippen molar-refractivity contribution in [1.82, 2.24) is 19.7 Å². The maximum absolute atomic E-state index is 13.5. The lowest BCUT2D eigenvalue weighted by atomic mass is 9.79. The summed E-state index contributed by atoms with van der Waals surface area (Å²) in [5.41, 5.74) is 1.21. The molecule has 0 radical (unpaired) electrons. The highest BCUT2D eigenvalue weighted by Gasteiger charge is 2.51. The average Bonchev–Trinajstić information content (AvgIpc) is 3.30. The van der Waals surface area contributed by atoms with Crippen molar-refractivity contribution in [2.75, 3.05) is 63.8 Å². The molecule has 1 aromatic carbocycles. The SMILES string of the molecule is CC1(C)OB(c2ccnc(N3CCC(C(=O)N4CCC(CN5CCN(C(=O)OCc6ccccc6)CC5)CC4)CC3)c2)OC1(C)C. The first-order valence-electron chi connectivity index (χ1n) is 17.1. The van der Waals surface area contributed by atoms with Gasteiger partial charge in [-0.25, -0.2) is 9.78 Å². The summed E-state index contributed by atoms with van der Waals surface area (Å²) in [5, 5.41) is 0. The molecule has 1 aromatic heterocycles. The van der Waals surface area contributed by atoms with Gasteiger partial charge in [0.1, 0.15) is 12.4 Å². The molecule has 10 nitrogen and oxygen atoms in total. The number of hydrogen-bond donors (Lipinski definition) is 0. The van der Waals surface area contributed by atoms with Crippen LogP contribution in [-0.4, -0.2) is 109 Å². The van der Waals surface area contributed by atoms with Gasteiger partial charge < -0.3 is 28.7 Å². The molecule has 4 aliphatic heterocycles. The predicted molar refractivity (Wildman–Crippen MR) is 179 cm³/mol. The Morgan fingerprint density at radius 3 is 2.15 bits per heavy atom. The highest BCUT2D eigenvalue weighted by molar-refractivity contribution is 6.62. The summed E-state index contributed by atoms with van der Waals surface area (Å²) in [6.45, 7) is 16.1. The van der Waals surface area contributed by atoms with E-state index in [1.54, 1.807) is 0 Å². The lowest BCUT2D eigenvalue weighted by Gasteiger charge is -2.40. The van der Waals surface area contributed by atoms with Crippen LogP contribution in [0.3, 0.4) is 0 Å². The van der Waals surface area contributed by atoms with Crippen molar-refractivity contribution < 1.29 is 23.6 Å². The largest absolute Gasteiger partial charge is 0.495 e. The first-order chi connectivity index (χ1) is 22.1. The van der Waals surface area contributed by atoms with Crippen molar-refractivity contribution in [2.24, 2.45) is 11.8 Å². The zero-order valence-corrected chi connectivity index (χ0v) is 28.0. The summed E-state index contributed by atoms with van der Waals surface area (Å²) in [6.07, 6.45) is 5.38. The second kappa shape index (κ2) is 13.9. The fourth-order valence-corrected chi connectivity index (χ4v) is 6.97. The molecular weight excluding hydrogens is 581 g/mol. The number of amides is 2. The summed E-state index contributed by atoms with van der Waals surface area (Å²) < 4.78 is 18.0. The molecule has 6 rings (SSSR count). The van der Waals surface area contributed by atoms with Crippen LogP contribution in [0.1, 0.15) is 58.9 Å². The number of piperidine rings is 2. The molecule has 4 saturated heterocycles. The molecule has 0 atom stereocenters. The second-order valence-electron chi connectivity index (χ2n) is 14.4. The van der Waals surface area contributed by atoms with Gasteiger partial charge in [0, 0.05) is 71.0 Å². The van der Waals surface area contributed by atoms with Gasteiger partial charge in [0.25, 0.3) is 0 Å². The van der Waals surface area contributed by atoms with E-state index in [0.717, 1.165) is 88.3 Å². The summed E-state index contributed by atoms with van der Waals surface area (Å²) in [5.74, 6) is 1.90. The van der Waals surface area contributed by atoms with Gasteiger partial charge in [-0.15, -0.1) is 0 Å². The van der Waals surface area contributed by atoms with Crippen molar-refractivity contribution in [3.05, 3.63) is 54.2 Å². The minimum atomic E-state index is -0.410. The third-order valence-electron chi connectivity index (χ3n) is 10.7. The number of carbonyl (C=O) groups excluding carboxylic acids is 2. The Morgan fingerprint density at radius 2 is 1.50 bits per heavy atom. The van der Waals surface area contributed by atoms with E-state index in [-0.39, 0.29) is 23.2 Å². The number of nitrogens with zero attached hydrogens (tertiary/aromatic N) is 5. The molecule has 2 aromatic rings. The van der Waals surface area contributed by atoms with Gasteiger partial charge in [-0.2, -0.15) is 0 Å². The molecule has 0 aliphatic carbocycles. The summed E-state index contributed by atoms with van der Waals surface area (Å²) in [7, 11) is -0.410. The van der Waals surface area contributed by atoms with Gasteiger partial charge >= 0.3 is 13.2 Å². The fraction of sp³-hybridized carbons (Fsp3) is 0.629. The lowest BCUT2D eigenvalue weighted by molar-refractivity contribution is -0.137. The Kier molecular flexibility index (Phi) is 9.92. The van der Waals surface area contributed by atoms with E-state index in [1.807, 2.05) is 47.5 Å². The molecule has 0 saturated carbocycles. The highest BCUT2D eigenvalue weighted by Crippen LogP contribution is 2.36. The molecule has 0 bridgehead atoms. The Hall–Kier alpha value is -3.15. The number of anilines is 1. The number of pyridine rings is 1. The van der Waals surface area contributed by atoms with Crippen molar-refractivity contribution in [3.8, 4) is 0 Å². The summed E-state index contributed by atoms with van der Waals surface area (Å²) in [6, 6.07) is 13.8. The van der Waals surface area contributed by atoms with Gasteiger partial charge in [0.05, 0.1) is 11.2 Å². The third-order valence-corrected chi connectivity index (χ3v) is 10.7. The number of hydrogen-bond acceptors (Lipinski definition) is 8. The van der Waals surface area contributed by atoms with Crippen LogP contribution in [0.4, 0.5) is 10.6 Å². The van der Waals surface area contributed by atoms with Gasteiger partial charge in [-0.1, -0.05) is 30.3 Å². The number of ether oxygens (including phenoxy) is 1. The minimum Gasteiger partial charge on any atom is -0.445 e. The number of likely N-dealkylation sites (tertiary alicyclic amines) is 1. The van der Waals surface area contributed by atoms with E-state index in [4.69, 9.17) is 14.0 Å². The topological polar surface area (TPSA) is 87.7 Å². The standard InChI is InChI=1S/C35H50BN5O5/c1-34(2)35(3,4)46-36(45-34)30-10-15-37-31(24-30)39-18-13-29(14-19-39)32(42)40-16-11-27(12-17-40)25-38-20-22-41(23-21-38)33(43)44-26-28-8-6-5-7-9-28/h5-10,15,24,27,29H,11-14,16-23,25-26H2,1-4H3. The lowest BCUT2D eigenvalue weighted by Crippen LogP contribution is -2.51. The van der Waals surface area contributed by atoms with E-state index in [9.17, 15) is 9.59 Å². The number of benzene rings is 1. The van der Waals surface area contributed by atoms with Gasteiger partial charge in [-0.05, 0) is 82.5 Å². The molecule has 248 valence electrons. The van der Waals surface area contributed by atoms with Crippen LogP contribution in [0, 0.1) is 11.8 Å². The molecule has 5 heterocycles. The maximum atomic E-state index is 13.5. The number of piperazine rings is 1. The molecule has 2 amide bonds. The molecule has 4 fully saturated rings. The predicted octanol–water partition coefficient (Wildman–Crippen LogP) is 3.79. The Labute approximate surface area is 274 Å². The van der Waals surface area contributed by atoms with Gasteiger partial charge in [0.2, 0.25) is 5.91 Å². The van der Waals surface area contributed by atoms with Crippen LogP contribution in [0.2, 0.25) is 0 Å². The Bertz CT molecular complexity index is 1320. The summed E-state index contributed by atoms with van der Waals surface area (Å²) >= 11 is 0. The first-order valence-corrected chi connectivity index (χ1v) is 17.1. The monoisotopic (exact) mass is 631 g/mol. The molecule has 0 spiro atoms. The van der Waals surface area contributed by atoms with Crippen LogP contribution < -0.4 is 10.4 Å². The molecule has 0 N–H and O–H groups in total. The zero-order valence-electron chi connectivity index (χ0n) is 28.0. The van der Waals surface area contributed by atoms with Crippen molar-refractivity contribution in [3.63, 3.8) is 0 Å². The van der Waals surface area contributed by atoms with Crippen LogP contribution in [0.5, 0.6) is 0 Å². The van der Waals surface area contributed by atoms with E-state index in [2.05, 4.69) is 53.4 Å². The minimum absolute atomic E-state index is 0.0776. The Balaban J connectivity index is 0.897. The average molecular weight is 632 g/mol. The van der Waals surface area contributed by atoms with Gasteiger partial charge in [0.15, 0.2) is 0 Å². The van der Waals surface area contributed by atoms with Crippen LogP contribution >= 0.6 is 0 Å². The van der Waals surface area contributed by atoms with Crippen LogP contribution in [-0.2, 0) is 25.4 Å². The quantitative estimate of drug-likeness (QED) is 0.427. The van der Waals surface area contributed by atoms with Crippen molar-refractivity contribution in [2.45, 2.75) is 71.2 Å². The second-order valence-corrected chi connectivity index (χ2v) is 14.4. The maximum Gasteiger partial charge on any atom is 0.495 e. The van der Waals surface area contributed by atoms with Crippen LogP contribution in [0.25, 0.3) is 0 Å². The third kappa shape index (κ3) is 7.53. The number of aromatic nitrogens is 1. The highest BCUT2D eigenvalue weighted by atomic mass is 16.7. The van der Waals surface area contributed by atoms with E-state index in [0.29, 0.717) is 31.5 Å². The zero-order chi connectivity index (χ0) is 32.3. The normalized spacial score (nSPS) is 22.7.